The number of hydrogen-bond acceptors (Lipinski definition) is 2. The standard InChI is InChI=1S/C15H23N3O/c1-3-17(4-2)14-10-11-18(12-14)15(19)16-13-8-6-5-7-9-13/h5-9,14H,3-4,10-12H2,1-2H3,(H,16,19). The van der Waals surface area contributed by atoms with E-state index in [1.165, 1.54) is 0 Å². The third-order valence-electron chi connectivity index (χ3n) is 3.80. The number of nitrogens with one attached hydrogen (secondary N) is 1. The lowest BCUT2D eigenvalue weighted by Crippen LogP contribution is -2.39. The summed E-state index contributed by atoms with van der Waals surface area (Å²) in [6.07, 6.45) is 1.07. The average Bonchev–Trinajstić information content (AvgIpc) is 2.91. The molecule has 1 atom stereocenters. The summed E-state index contributed by atoms with van der Waals surface area (Å²) in [6, 6.07) is 10.2. The Kier molecular flexibility index (Phi) is 4.80. The molecule has 4 nitrogen and oxygen atoms in total. The summed E-state index contributed by atoms with van der Waals surface area (Å²) in [5.41, 5.74) is 0.860. The van der Waals surface area contributed by atoms with E-state index in [0.717, 1.165) is 38.3 Å². The molecule has 0 aromatic heterocycles. The van der Waals surface area contributed by atoms with E-state index < -0.39 is 0 Å². The van der Waals surface area contributed by atoms with Gasteiger partial charge in [0.05, 0.1) is 0 Å². The van der Waals surface area contributed by atoms with Gasteiger partial charge >= 0.3 is 6.03 Å². The lowest BCUT2D eigenvalue weighted by Gasteiger charge is -2.26. The molecule has 1 aromatic rings. The zero-order chi connectivity index (χ0) is 13.7. The molecule has 1 aromatic carbocycles. The molecule has 0 spiro atoms. The average molecular weight is 261 g/mol. The number of rotatable bonds is 4. The molecule has 0 aliphatic carbocycles. The summed E-state index contributed by atoms with van der Waals surface area (Å²) in [5, 5.41) is 2.95. The van der Waals surface area contributed by atoms with E-state index in [1.54, 1.807) is 0 Å². The minimum atomic E-state index is 0.0147. The summed E-state index contributed by atoms with van der Waals surface area (Å²) in [6.45, 7) is 8.14. The molecule has 4 heteroatoms. The first-order valence-corrected chi connectivity index (χ1v) is 7.09. The molecule has 1 unspecified atom stereocenters. The lowest BCUT2D eigenvalue weighted by atomic mass is 10.2. The van der Waals surface area contributed by atoms with Crippen molar-refractivity contribution < 1.29 is 4.79 Å². The fraction of sp³-hybridized carbons (Fsp3) is 0.533. The van der Waals surface area contributed by atoms with Crippen molar-refractivity contribution in [1.29, 1.82) is 0 Å². The van der Waals surface area contributed by atoms with Crippen LogP contribution in [0, 0.1) is 0 Å². The van der Waals surface area contributed by atoms with Crippen LogP contribution in [0.1, 0.15) is 20.3 Å². The van der Waals surface area contributed by atoms with E-state index in [2.05, 4.69) is 24.1 Å². The molecule has 1 N–H and O–H groups in total. The fourth-order valence-electron chi connectivity index (χ4n) is 2.69. The molecule has 2 amide bonds. The third-order valence-corrected chi connectivity index (χ3v) is 3.80. The van der Waals surface area contributed by atoms with Crippen LogP contribution in [0.3, 0.4) is 0 Å². The monoisotopic (exact) mass is 261 g/mol. The summed E-state index contributed by atoms with van der Waals surface area (Å²) >= 11 is 0. The Morgan fingerprint density at radius 1 is 1.32 bits per heavy atom. The van der Waals surface area contributed by atoms with Gasteiger partial charge in [0.1, 0.15) is 0 Å². The van der Waals surface area contributed by atoms with Crippen LogP contribution in [-0.2, 0) is 0 Å². The van der Waals surface area contributed by atoms with Gasteiger partial charge in [-0.1, -0.05) is 32.0 Å². The zero-order valence-corrected chi connectivity index (χ0v) is 11.8. The van der Waals surface area contributed by atoms with Gasteiger partial charge in [0, 0.05) is 24.8 Å². The molecule has 0 bridgehead atoms. The van der Waals surface area contributed by atoms with Gasteiger partial charge in [0.2, 0.25) is 0 Å². The van der Waals surface area contributed by atoms with Crippen molar-refractivity contribution in [1.82, 2.24) is 9.80 Å². The molecule has 1 aliphatic heterocycles. The predicted molar refractivity (Wildman–Crippen MR) is 78.4 cm³/mol. The first-order chi connectivity index (χ1) is 9.24. The molecule has 1 heterocycles. The highest BCUT2D eigenvalue weighted by atomic mass is 16.2. The second-order valence-corrected chi connectivity index (χ2v) is 4.91. The van der Waals surface area contributed by atoms with E-state index in [0.29, 0.717) is 6.04 Å². The number of likely N-dealkylation sites (N-methyl/N-ethyl adjacent to an activating group) is 1. The summed E-state index contributed by atoms with van der Waals surface area (Å²) in [7, 11) is 0. The van der Waals surface area contributed by atoms with Gasteiger partial charge in [-0.15, -0.1) is 0 Å². The number of para-hydroxylation sites is 1. The Bertz CT molecular complexity index is 403. The molecular formula is C15H23N3O. The lowest BCUT2D eigenvalue weighted by molar-refractivity contribution is 0.202. The quantitative estimate of drug-likeness (QED) is 0.904. The summed E-state index contributed by atoms with van der Waals surface area (Å²) in [4.78, 5) is 16.5. The molecule has 19 heavy (non-hydrogen) atoms. The molecule has 0 radical (unpaired) electrons. The third kappa shape index (κ3) is 3.47. The van der Waals surface area contributed by atoms with Crippen molar-refractivity contribution in [2.45, 2.75) is 26.3 Å². The van der Waals surface area contributed by atoms with E-state index in [4.69, 9.17) is 0 Å². The minimum Gasteiger partial charge on any atom is -0.323 e. The van der Waals surface area contributed by atoms with Crippen LogP contribution in [0.15, 0.2) is 30.3 Å². The molecule has 0 saturated carbocycles. The fourth-order valence-corrected chi connectivity index (χ4v) is 2.69. The van der Waals surface area contributed by atoms with Crippen molar-refractivity contribution in [3.63, 3.8) is 0 Å². The Hall–Kier alpha value is -1.55. The van der Waals surface area contributed by atoms with Crippen LogP contribution in [0.4, 0.5) is 10.5 Å². The van der Waals surface area contributed by atoms with Gasteiger partial charge < -0.3 is 10.2 Å². The van der Waals surface area contributed by atoms with Gasteiger partial charge in [0.25, 0.3) is 0 Å². The highest BCUT2D eigenvalue weighted by Crippen LogP contribution is 2.17. The van der Waals surface area contributed by atoms with Crippen LogP contribution in [0.5, 0.6) is 0 Å². The van der Waals surface area contributed by atoms with Crippen LogP contribution in [-0.4, -0.2) is 48.1 Å². The van der Waals surface area contributed by atoms with E-state index in [9.17, 15) is 4.79 Å². The normalized spacial score (nSPS) is 18.9. The van der Waals surface area contributed by atoms with Gasteiger partial charge in [0.15, 0.2) is 0 Å². The highest BCUT2D eigenvalue weighted by molar-refractivity contribution is 5.89. The second-order valence-electron chi connectivity index (χ2n) is 4.91. The van der Waals surface area contributed by atoms with Crippen LogP contribution < -0.4 is 5.32 Å². The molecule has 1 fully saturated rings. The minimum absolute atomic E-state index is 0.0147. The van der Waals surface area contributed by atoms with Crippen molar-refractivity contribution >= 4 is 11.7 Å². The first-order valence-electron chi connectivity index (χ1n) is 7.09. The van der Waals surface area contributed by atoms with Crippen molar-refractivity contribution in [2.75, 3.05) is 31.5 Å². The number of hydrogen-bond donors (Lipinski definition) is 1. The number of nitrogens with zero attached hydrogens (tertiary/aromatic N) is 2. The predicted octanol–water partition coefficient (Wildman–Crippen LogP) is 2.63. The maximum absolute atomic E-state index is 12.2. The molecule has 1 saturated heterocycles. The van der Waals surface area contributed by atoms with E-state index in [-0.39, 0.29) is 6.03 Å². The number of urea groups is 1. The van der Waals surface area contributed by atoms with Crippen LogP contribution >= 0.6 is 0 Å². The maximum Gasteiger partial charge on any atom is 0.321 e. The van der Waals surface area contributed by atoms with Crippen LogP contribution in [0.25, 0.3) is 0 Å². The van der Waals surface area contributed by atoms with Gasteiger partial charge in [-0.3, -0.25) is 4.90 Å². The van der Waals surface area contributed by atoms with Gasteiger partial charge in [-0.25, -0.2) is 4.79 Å². The SMILES string of the molecule is CCN(CC)C1CCN(C(=O)Nc2ccccc2)C1. The Morgan fingerprint density at radius 2 is 2.00 bits per heavy atom. The van der Waals surface area contributed by atoms with Crippen LogP contribution in [0.2, 0.25) is 0 Å². The topological polar surface area (TPSA) is 35.6 Å². The number of benzene rings is 1. The Balaban J connectivity index is 1.88. The van der Waals surface area contributed by atoms with Crippen molar-refractivity contribution in [2.24, 2.45) is 0 Å². The molecule has 2 rings (SSSR count). The van der Waals surface area contributed by atoms with Crippen molar-refractivity contribution in [3.8, 4) is 0 Å². The Morgan fingerprint density at radius 3 is 2.63 bits per heavy atom. The first kappa shape index (κ1) is 13.9. The van der Waals surface area contributed by atoms with Gasteiger partial charge in [-0.2, -0.15) is 0 Å². The molecular weight excluding hydrogens is 238 g/mol. The summed E-state index contributed by atoms with van der Waals surface area (Å²) < 4.78 is 0. The number of carbonyl (C=O) groups is 1. The second kappa shape index (κ2) is 6.57. The van der Waals surface area contributed by atoms with Gasteiger partial charge in [-0.05, 0) is 31.6 Å². The summed E-state index contributed by atoms with van der Waals surface area (Å²) in [5.74, 6) is 0. The Labute approximate surface area is 115 Å². The molecule has 104 valence electrons. The van der Waals surface area contributed by atoms with E-state index >= 15 is 0 Å². The van der Waals surface area contributed by atoms with E-state index in [1.807, 2.05) is 35.2 Å². The largest absolute Gasteiger partial charge is 0.323 e. The number of carbonyl (C=O) groups excluding carboxylic acids is 1. The van der Waals surface area contributed by atoms with Crippen molar-refractivity contribution in [3.05, 3.63) is 30.3 Å². The number of amides is 2. The number of likely N-dealkylation sites (tertiary alicyclic amines) is 1. The molecule has 1 aliphatic rings. The zero-order valence-electron chi connectivity index (χ0n) is 11.8. The maximum atomic E-state index is 12.2. The number of anilines is 1. The smallest absolute Gasteiger partial charge is 0.321 e. The highest BCUT2D eigenvalue weighted by Gasteiger charge is 2.29.